The molecule has 0 spiro atoms. The van der Waals surface area contributed by atoms with Crippen LogP contribution >= 0.6 is 24.0 Å². The molecule has 1 fully saturated rings. The third-order valence-corrected chi connectivity index (χ3v) is 4.21. The second kappa shape index (κ2) is 11.3. The molecular weight excluding hydrogens is 427 g/mol. The molecule has 1 amide bonds. The third-order valence-electron chi connectivity index (χ3n) is 4.21. The number of guanidine groups is 1. The summed E-state index contributed by atoms with van der Waals surface area (Å²) in [5, 5.41) is 9.73. The summed E-state index contributed by atoms with van der Waals surface area (Å²) in [4.78, 5) is 16.4. The average Bonchev–Trinajstić information content (AvgIpc) is 3.07. The van der Waals surface area contributed by atoms with Gasteiger partial charge in [0.1, 0.15) is 0 Å². The van der Waals surface area contributed by atoms with Crippen LogP contribution in [0, 0.1) is 5.92 Å². The molecule has 3 N–H and O–H groups in total. The second-order valence-electron chi connectivity index (χ2n) is 6.66. The number of nitrogens with one attached hydrogen (secondary N) is 3. The quantitative estimate of drug-likeness (QED) is 0.344. The van der Waals surface area contributed by atoms with E-state index in [4.69, 9.17) is 0 Å². The van der Waals surface area contributed by atoms with E-state index in [0.717, 1.165) is 23.8 Å². The van der Waals surface area contributed by atoms with Gasteiger partial charge in [0.15, 0.2) is 5.96 Å². The fourth-order valence-electron chi connectivity index (χ4n) is 2.73. The van der Waals surface area contributed by atoms with Crippen molar-refractivity contribution in [3.05, 3.63) is 29.8 Å². The Bertz CT molecular complexity index is 551. The maximum Gasteiger partial charge on any atom is 0.226 e. The average molecular weight is 458 g/mol. The highest BCUT2D eigenvalue weighted by Gasteiger charge is 2.15. The van der Waals surface area contributed by atoms with Crippen molar-refractivity contribution in [1.29, 1.82) is 0 Å². The molecule has 1 saturated carbocycles. The Hall–Kier alpha value is -1.31. The lowest BCUT2D eigenvalue weighted by atomic mass is 10.1. The van der Waals surface area contributed by atoms with Crippen LogP contribution in [-0.4, -0.2) is 24.5 Å². The SMILES string of the molecule is CCNC(=NCc1ccc(NC(=O)C(C)C)cc1)NC1CCCC1.I. The van der Waals surface area contributed by atoms with Crippen LogP contribution in [-0.2, 0) is 11.3 Å². The Morgan fingerprint density at radius 3 is 2.40 bits per heavy atom. The number of halogens is 1. The molecule has 0 aliphatic heterocycles. The lowest BCUT2D eigenvalue weighted by Crippen LogP contribution is -2.42. The van der Waals surface area contributed by atoms with E-state index in [1.54, 1.807) is 0 Å². The van der Waals surface area contributed by atoms with Gasteiger partial charge in [0.05, 0.1) is 6.54 Å². The minimum atomic E-state index is -0.0152. The van der Waals surface area contributed by atoms with Crippen molar-refractivity contribution in [2.45, 2.75) is 59.0 Å². The van der Waals surface area contributed by atoms with Crippen molar-refractivity contribution in [2.75, 3.05) is 11.9 Å². The molecule has 1 aromatic carbocycles. The summed E-state index contributed by atoms with van der Waals surface area (Å²) in [7, 11) is 0. The summed E-state index contributed by atoms with van der Waals surface area (Å²) in [6.07, 6.45) is 5.07. The number of anilines is 1. The molecule has 0 aromatic heterocycles. The van der Waals surface area contributed by atoms with Gasteiger partial charge in [-0.15, -0.1) is 24.0 Å². The minimum absolute atomic E-state index is 0. The molecular formula is C19H31IN4O. The molecule has 0 saturated heterocycles. The molecule has 0 unspecified atom stereocenters. The first-order valence-electron chi connectivity index (χ1n) is 9.03. The number of hydrogen-bond donors (Lipinski definition) is 3. The first-order chi connectivity index (χ1) is 11.6. The molecule has 0 atom stereocenters. The first kappa shape index (κ1) is 21.7. The minimum Gasteiger partial charge on any atom is -0.357 e. The zero-order valence-electron chi connectivity index (χ0n) is 15.5. The van der Waals surface area contributed by atoms with Gasteiger partial charge in [-0.3, -0.25) is 4.79 Å². The standard InChI is InChI=1S/C19H30N4O.HI/c1-4-20-19(23-16-7-5-6-8-16)21-13-15-9-11-17(12-10-15)22-18(24)14(2)3;/h9-12,14,16H,4-8,13H2,1-3H3,(H,22,24)(H2,20,21,23);1H. The van der Waals surface area contributed by atoms with Crippen LogP contribution in [0.15, 0.2) is 29.3 Å². The molecule has 0 bridgehead atoms. The van der Waals surface area contributed by atoms with Gasteiger partial charge in [-0.25, -0.2) is 4.99 Å². The van der Waals surface area contributed by atoms with Gasteiger partial charge in [-0.05, 0) is 37.5 Å². The number of aliphatic imine (C=N–C) groups is 1. The molecule has 6 heteroatoms. The summed E-state index contributed by atoms with van der Waals surface area (Å²) < 4.78 is 0. The van der Waals surface area contributed by atoms with E-state index in [1.165, 1.54) is 25.7 Å². The van der Waals surface area contributed by atoms with E-state index < -0.39 is 0 Å². The van der Waals surface area contributed by atoms with Gasteiger partial charge < -0.3 is 16.0 Å². The van der Waals surface area contributed by atoms with Crippen LogP contribution in [0.1, 0.15) is 52.0 Å². The number of carbonyl (C=O) groups is 1. The molecule has 0 radical (unpaired) electrons. The molecule has 0 heterocycles. The van der Waals surface area contributed by atoms with Crippen molar-refractivity contribution in [3.63, 3.8) is 0 Å². The van der Waals surface area contributed by atoms with Crippen LogP contribution in [0.5, 0.6) is 0 Å². The molecule has 2 rings (SSSR count). The van der Waals surface area contributed by atoms with E-state index >= 15 is 0 Å². The maximum absolute atomic E-state index is 11.7. The van der Waals surface area contributed by atoms with Crippen LogP contribution in [0.25, 0.3) is 0 Å². The Balaban J connectivity index is 0.00000312. The third kappa shape index (κ3) is 7.63. The van der Waals surface area contributed by atoms with Gasteiger partial charge in [0.2, 0.25) is 5.91 Å². The molecule has 5 nitrogen and oxygen atoms in total. The smallest absolute Gasteiger partial charge is 0.226 e. The number of carbonyl (C=O) groups excluding carboxylic acids is 1. The Morgan fingerprint density at radius 1 is 1.20 bits per heavy atom. The summed E-state index contributed by atoms with van der Waals surface area (Å²) >= 11 is 0. The predicted octanol–water partition coefficient (Wildman–Crippen LogP) is 3.90. The summed E-state index contributed by atoms with van der Waals surface area (Å²) in [6, 6.07) is 8.44. The van der Waals surface area contributed by atoms with Crippen molar-refractivity contribution in [2.24, 2.45) is 10.9 Å². The molecule has 140 valence electrons. The number of amides is 1. The Kier molecular flexibility index (Phi) is 9.85. The Labute approximate surface area is 168 Å². The van der Waals surface area contributed by atoms with Gasteiger partial charge in [-0.2, -0.15) is 0 Å². The van der Waals surface area contributed by atoms with Crippen LogP contribution in [0.3, 0.4) is 0 Å². The molecule has 1 aliphatic carbocycles. The van der Waals surface area contributed by atoms with Crippen LogP contribution < -0.4 is 16.0 Å². The predicted molar refractivity (Wildman–Crippen MR) is 116 cm³/mol. The molecule has 1 aliphatic rings. The normalized spacial score (nSPS) is 15.0. The zero-order valence-corrected chi connectivity index (χ0v) is 17.8. The highest BCUT2D eigenvalue weighted by Crippen LogP contribution is 2.17. The Morgan fingerprint density at radius 2 is 1.84 bits per heavy atom. The molecule has 1 aromatic rings. The number of hydrogen-bond acceptors (Lipinski definition) is 2. The fraction of sp³-hybridized carbons (Fsp3) is 0.579. The van der Waals surface area contributed by atoms with Crippen molar-refractivity contribution in [3.8, 4) is 0 Å². The highest BCUT2D eigenvalue weighted by atomic mass is 127. The zero-order chi connectivity index (χ0) is 17.4. The first-order valence-corrected chi connectivity index (χ1v) is 9.03. The number of benzene rings is 1. The number of nitrogens with zero attached hydrogens (tertiary/aromatic N) is 1. The lowest BCUT2D eigenvalue weighted by Gasteiger charge is -2.16. The van der Waals surface area contributed by atoms with Gasteiger partial charge >= 0.3 is 0 Å². The molecule has 25 heavy (non-hydrogen) atoms. The lowest BCUT2D eigenvalue weighted by molar-refractivity contribution is -0.118. The van der Waals surface area contributed by atoms with E-state index in [-0.39, 0.29) is 35.8 Å². The summed E-state index contributed by atoms with van der Waals surface area (Å²) in [5.74, 6) is 0.913. The van der Waals surface area contributed by atoms with Gasteiger partial charge in [0.25, 0.3) is 0 Å². The summed E-state index contributed by atoms with van der Waals surface area (Å²) in [5.41, 5.74) is 1.96. The highest BCUT2D eigenvalue weighted by molar-refractivity contribution is 14.0. The second-order valence-corrected chi connectivity index (χ2v) is 6.66. The number of rotatable bonds is 6. The van der Waals surface area contributed by atoms with Crippen molar-refractivity contribution < 1.29 is 4.79 Å². The van der Waals surface area contributed by atoms with Crippen molar-refractivity contribution in [1.82, 2.24) is 10.6 Å². The van der Waals surface area contributed by atoms with Gasteiger partial charge in [-0.1, -0.05) is 38.8 Å². The fourth-order valence-corrected chi connectivity index (χ4v) is 2.73. The van der Waals surface area contributed by atoms with E-state index in [9.17, 15) is 4.79 Å². The van der Waals surface area contributed by atoms with E-state index in [2.05, 4.69) is 27.9 Å². The van der Waals surface area contributed by atoms with E-state index in [0.29, 0.717) is 12.6 Å². The van der Waals surface area contributed by atoms with Crippen LogP contribution in [0.4, 0.5) is 5.69 Å². The summed E-state index contributed by atoms with van der Waals surface area (Å²) in [6.45, 7) is 7.34. The van der Waals surface area contributed by atoms with Crippen LogP contribution in [0.2, 0.25) is 0 Å². The van der Waals surface area contributed by atoms with Gasteiger partial charge in [0, 0.05) is 24.2 Å². The maximum atomic E-state index is 11.7. The largest absolute Gasteiger partial charge is 0.357 e. The topological polar surface area (TPSA) is 65.5 Å². The van der Waals surface area contributed by atoms with Crippen molar-refractivity contribution >= 4 is 41.5 Å². The monoisotopic (exact) mass is 458 g/mol. The van der Waals surface area contributed by atoms with E-state index in [1.807, 2.05) is 38.1 Å².